The first-order chi connectivity index (χ1) is 11.3. The van der Waals surface area contributed by atoms with Gasteiger partial charge in [0.2, 0.25) is 5.91 Å². The van der Waals surface area contributed by atoms with Gasteiger partial charge in [-0.3, -0.25) is 9.69 Å². The van der Waals surface area contributed by atoms with Gasteiger partial charge < -0.3 is 10.3 Å². The van der Waals surface area contributed by atoms with E-state index in [2.05, 4.69) is 10.3 Å². The number of H-pyrrole nitrogens is 1. The van der Waals surface area contributed by atoms with Gasteiger partial charge in [0.25, 0.3) is 0 Å². The van der Waals surface area contributed by atoms with Gasteiger partial charge in [-0.1, -0.05) is 18.2 Å². The molecule has 0 radical (unpaired) electrons. The van der Waals surface area contributed by atoms with Crippen LogP contribution in [0, 0.1) is 0 Å². The molecule has 2 N–H and O–H groups in total. The van der Waals surface area contributed by atoms with Crippen molar-refractivity contribution in [2.75, 3.05) is 6.54 Å². The van der Waals surface area contributed by atoms with Gasteiger partial charge in [0.15, 0.2) is 0 Å². The summed E-state index contributed by atoms with van der Waals surface area (Å²) in [6, 6.07) is 5.79. The van der Waals surface area contributed by atoms with E-state index in [1.54, 1.807) is 6.20 Å². The molecule has 24 heavy (non-hydrogen) atoms. The molecule has 1 saturated heterocycles. The Labute approximate surface area is 138 Å². The van der Waals surface area contributed by atoms with Crippen LogP contribution in [0.2, 0.25) is 0 Å². The van der Waals surface area contributed by atoms with E-state index < -0.39 is 12.2 Å². The molecular formula is C17H20F3N3O. The molecule has 7 heteroatoms. The topological polar surface area (TPSA) is 48.1 Å². The van der Waals surface area contributed by atoms with Crippen LogP contribution in [0.4, 0.5) is 13.2 Å². The van der Waals surface area contributed by atoms with Crippen molar-refractivity contribution in [3.63, 3.8) is 0 Å². The minimum Gasteiger partial charge on any atom is -0.361 e. The van der Waals surface area contributed by atoms with Crippen molar-refractivity contribution < 1.29 is 18.0 Å². The number of halogens is 3. The average Bonchev–Trinajstić information content (AvgIpc) is 2.95. The molecule has 4 nitrogen and oxygen atoms in total. The standard InChI is InChI=1S/C17H20F3N3O/c1-11(24)22-14-5-6-15(17(18,19)20)23(10-14)9-13-4-2-3-12-7-8-21-16(12)13/h2-4,7-8,14-15,21H,5-6,9-10H2,1H3,(H,22,24). The normalized spacial score (nSPS) is 22.7. The van der Waals surface area contributed by atoms with Crippen molar-refractivity contribution in [2.45, 2.75) is 44.6 Å². The molecule has 0 aliphatic carbocycles. The van der Waals surface area contributed by atoms with Crippen LogP contribution < -0.4 is 5.32 Å². The maximum atomic E-state index is 13.4. The van der Waals surface area contributed by atoms with E-state index in [0.29, 0.717) is 6.42 Å². The second-order valence-electron chi connectivity index (χ2n) is 6.32. The Hall–Kier alpha value is -2.02. The number of amides is 1. The van der Waals surface area contributed by atoms with Crippen LogP contribution in [0.3, 0.4) is 0 Å². The second kappa shape index (κ2) is 6.47. The Balaban J connectivity index is 1.85. The number of benzene rings is 1. The van der Waals surface area contributed by atoms with Gasteiger partial charge in [0.05, 0.1) is 0 Å². The van der Waals surface area contributed by atoms with Crippen LogP contribution in [-0.2, 0) is 11.3 Å². The lowest BCUT2D eigenvalue weighted by Gasteiger charge is -2.40. The van der Waals surface area contributed by atoms with Crippen molar-refractivity contribution in [2.24, 2.45) is 0 Å². The number of nitrogens with zero attached hydrogens (tertiary/aromatic N) is 1. The molecule has 0 saturated carbocycles. The maximum Gasteiger partial charge on any atom is 0.404 e. The number of carbonyl (C=O) groups is 1. The first-order valence-corrected chi connectivity index (χ1v) is 7.97. The van der Waals surface area contributed by atoms with Crippen LogP contribution >= 0.6 is 0 Å². The minimum absolute atomic E-state index is 0.00481. The van der Waals surface area contributed by atoms with Crippen molar-refractivity contribution in [3.05, 3.63) is 36.0 Å². The highest BCUT2D eigenvalue weighted by Gasteiger charge is 2.46. The largest absolute Gasteiger partial charge is 0.404 e. The van der Waals surface area contributed by atoms with Crippen LogP contribution in [-0.4, -0.2) is 40.6 Å². The van der Waals surface area contributed by atoms with E-state index in [9.17, 15) is 18.0 Å². The fourth-order valence-corrected chi connectivity index (χ4v) is 3.49. The van der Waals surface area contributed by atoms with E-state index in [0.717, 1.165) is 16.5 Å². The van der Waals surface area contributed by atoms with E-state index in [1.165, 1.54) is 11.8 Å². The van der Waals surface area contributed by atoms with Crippen molar-refractivity contribution in [3.8, 4) is 0 Å². The zero-order valence-corrected chi connectivity index (χ0v) is 13.4. The smallest absolute Gasteiger partial charge is 0.361 e. The van der Waals surface area contributed by atoms with E-state index in [4.69, 9.17) is 0 Å². The molecule has 1 aliphatic rings. The minimum atomic E-state index is -4.27. The number of para-hydroxylation sites is 1. The summed E-state index contributed by atoms with van der Waals surface area (Å²) in [7, 11) is 0. The molecule has 1 fully saturated rings. The van der Waals surface area contributed by atoms with Gasteiger partial charge in [-0.15, -0.1) is 0 Å². The zero-order valence-electron chi connectivity index (χ0n) is 13.4. The summed E-state index contributed by atoms with van der Waals surface area (Å²) in [5.41, 5.74) is 1.69. The quantitative estimate of drug-likeness (QED) is 0.902. The first kappa shape index (κ1) is 16.8. The molecule has 2 aromatic rings. The SMILES string of the molecule is CC(=O)NC1CCC(C(F)(F)F)N(Cc2cccc3cc[nH]c23)C1. The van der Waals surface area contributed by atoms with Gasteiger partial charge >= 0.3 is 6.18 Å². The number of likely N-dealkylation sites (tertiary alicyclic amines) is 1. The van der Waals surface area contributed by atoms with Gasteiger partial charge in [-0.2, -0.15) is 13.2 Å². The Morgan fingerprint density at radius 2 is 2.12 bits per heavy atom. The number of rotatable bonds is 3. The Bertz CT molecular complexity index is 725. The van der Waals surface area contributed by atoms with Crippen LogP contribution in [0.1, 0.15) is 25.3 Å². The molecule has 1 amide bonds. The maximum absolute atomic E-state index is 13.4. The molecular weight excluding hydrogens is 319 g/mol. The first-order valence-electron chi connectivity index (χ1n) is 7.97. The Morgan fingerprint density at radius 3 is 2.83 bits per heavy atom. The summed E-state index contributed by atoms with van der Waals surface area (Å²) in [6.07, 6.45) is -2.15. The summed E-state index contributed by atoms with van der Waals surface area (Å²) < 4.78 is 40.2. The summed E-state index contributed by atoms with van der Waals surface area (Å²) >= 11 is 0. The third-order valence-corrected chi connectivity index (χ3v) is 4.52. The number of nitrogens with one attached hydrogen (secondary N) is 2. The fraction of sp³-hybridized carbons (Fsp3) is 0.471. The number of carbonyl (C=O) groups excluding carboxylic acids is 1. The van der Waals surface area contributed by atoms with Gasteiger partial charge in [0.1, 0.15) is 6.04 Å². The lowest BCUT2D eigenvalue weighted by molar-refractivity contribution is -0.194. The summed E-state index contributed by atoms with van der Waals surface area (Å²) in [4.78, 5) is 15.8. The van der Waals surface area contributed by atoms with Crippen molar-refractivity contribution >= 4 is 16.8 Å². The summed E-state index contributed by atoms with van der Waals surface area (Å²) in [6.45, 7) is 1.78. The third-order valence-electron chi connectivity index (χ3n) is 4.52. The fourth-order valence-electron chi connectivity index (χ4n) is 3.49. The highest BCUT2D eigenvalue weighted by atomic mass is 19.4. The lowest BCUT2D eigenvalue weighted by Crippen LogP contribution is -2.55. The van der Waals surface area contributed by atoms with Crippen LogP contribution in [0.25, 0.3) is 10.9 Å². The number of aromatic amines is 1. The molecule has 130 valence electrons. The van der Waals surface area contributed by atoms with Crippen LogP contribution in [0.15, 0.2) is 30.5 Å². The predicted octanol–water partition coefficient (Wildman–Crippen LogP) is 3.20. The zero-order chi connectivity index (χ0) is 17.3. The molecule has 3 rings (SSSR count). The Morgan fingerprint density at radius 1 is 1.33 bits per heavy atom. The van der Waals surface area contributed by atoms with Crippen molar-refractivity contribution in [1.29, 1.82) is 0 Å². The van der Waals surface area contributed by atoms with Crippen LogP contribution in [0.5, 0.6) is 0 Å². The number of piperidine rings is 1. The molecule has 1 aromatic heterocycles. The van der Waals surface area contributed by atoms with Gasteiger partial charge in [-0.05, 0) is 29.9 Å². The number of hydrogen-bond donors (Lipinski definition) is 2. The molecule has 1 aromatic carbocycles. The number of hydrogen-bond acceptors (Lipinski definition) is 2. The molecule has 0 spiro atoms. The number of alkyl halides is 3. The Kier molecular flexibility index (Phi) is 4.54. The second-order valence-corrected chi connectivity index (χ2v) is 6.32. The summed E-state index contributed by atoms with van der Waals surface area (Å²) in [5, 5.41) is 3.72. The summed E-state index contributed by atoms with van der Waals surface area (Å²) in [5.74, 6) is -0.211. The molecule has 2 heterocycles. The third kappa shape index (κ3) is 3.56. The monoisotopic (exact) mass is 339 g/mol. The van der Waals surface area contributed by atoms with E-state index in [1.807, 2.05) is 24.3 Å². The van der Waals surface area contributed by atoms with Gasteiger partial charge in [-0.25, -0.2) is 0 Å². The molecule has 1 aliphatic heterocycles. The molecule has 2 unspecified atom stereocenters. The molecule has 0 bridgehead atoms. The van der Waals surface area contributed by atoms with E-state index in [-0.39, 0.29) is 31.5 Å². The number of aromatic nitrogens is 1. The lowest BCUT2D eigenvalue weighted by atomic mass is 9.96. The van der Waals surface area contributed by atoms with Gasteiger partial charge in [0, 0.05) is 37.8 Å². The predicted molar refractivity (Wildman–Crippen MR) is 85.4 cm³/mol. The van der Waals surface area contributed by atoms with Crippen molar-refractivity contribution in [1.82, 2.24) is 15.2 Å². The number of fused-ring (bicyclic) bond motifs is 1. The highest BCUT2D eigenvalue weighted by Crippen LogP contribution is 2.33. The molecule has 2 atom stereocenters. The van der Waals surface area contributed by atoms with E-state index >= 15 is 0 Å². The average molecular weight is 339 g/mol. The highest BCUT2D eigenvalue weighted by molar-refractivity contribution is 5.82.